The summed E-state index contributed by atoms with van der Waals surface area (Å²) in [5.74, 6) is 0. The van der Waals surface area contributed by atoms with Gasteiger partial charge in [0.2, 0.25) is 0 Å². The van der Waals surface area contributed by atoms with Gasteiger partial charge in [0.25, 0.3) is 0 Å². The maximum Gasteiger partial charge on any atom is 0.111 e. The summed E-state index contributed by atoms with van der Waals surface area (Å²) in [7, 11) is 3.27. The molecule has 4 nitrogen and oxygen atoms in total. The maximum absolute atomic E-state index is 5.57. The normalized spacial score (nSPS) is 30.0. The van der Waals surface area contributed by atoms with Crippen molar-refractivity contribution in [2.24, 2.45) is 5.73 Å². The van der Waals surface area contributed by atoms with Crippen LogP contribution in [0.1, 0.15) is 0 Å². The molecule has 0 aromatic heterocycles. The van der Waals surface area contributed by atoms with E-state index in [0.717, 1.165) is 0 Å². The fraction of sp³-hybridized carbons (Fsp3) is 0.750. The number of hydrogen-bond donors (Lipinski definition) is 1. The van der Waals surface area contributed by atoms with Crippen molar-refractivity contribution in [3.63, 3.8) is 0 Å². The number of rotatable bonds is 3. The lowest BCUT2D eigenvalue weighted by molar-refractivity contribution is -0.0711. The van der Waals surface area contributed by atoms with Crippen molar-refractivity contribution in [2.75, 3.05) is 27.4 Å². The summed E-state index contributed by atoms with van der Waals surface area (Å²) in [4.78, 5) is 0. The molecule has 0 aliphatic carbocycles. The molecule has 0 saturated carbocycles. The van der Waals surface area contributed by atoms with Crippen LogP contribution in [0.15, 0.2) is 11.8 Å². The van der Waals surface area contributed by atoms with Crippen LogP contribution in [-0.4, -0.2) is 39.6 Å². The van der Waals surface area contributed by atoms with E-state index in [1.165, 1.54) is 0 Å². The van der Waals surface area contributed by atoms with Gasteiger partial charge < -0.3 is 19.9 Å². The highest BCUT2D eigenvalue weighted by molar-refractivity contribution is 5.07. The molecule has 2 atom stereocenters. The molecule has 12 heavy (non-hydrogen) atoms. The van der Waals surface area contributed by atoms with Gasteiger partial charge >= 0.3 is 0 Å². The van der Waals surface area contributed by atoms with Gasteiger partial charge in [-0.25, -0.2) is 0 Å². The van der Waals surface area contributed by atoms with Gasteiger partial charge in [-0.3, -0.25) is 0 Å². The van der Waals surface area contributed by atoms with Crippen LogP contribution in [0.2, 0.25) is 0 Å². The fourth-order valence-electron chi connectivity index (χ4n) is 1.19. The van der Waals surface area contributed by atoms with Crippen LogP contribution in [0.25, 0.3) is 0 Å². The minimum atomic E-state index is -0.0845. The van der Waals surface area contributed by atoms with Crippen molar-refractivity contribution in [3.8, 4) is 0 Å². The Bertz CT molecular complexity index is 170. The predicted octanol–water partition coefficient (Wildman–Crippen LogP) is -0.111. The van der Waals surface area contributed by atoms with Gasteiger partial charge in [0, 0.05) is 19.9 Å². The van der Waals surface area contributed by atoms with Gasteiger partial charge in [-0.15, -0.1) is 0 Å². The van der Waals surface area contributed by atoms with Gasteiger partial charge in [-0.1, -0.05) is 0 Å². The lowest BCUT2D eigenvalue weighted by Gasteiger charge is -2.27. The Morgan fingerprint density at radius 1 is 1.67 bits per heavy atom. The van der Waals surface area contributed by atoms with E-state index in [1.54, 1.807) is 14.2 Å². The Labute approximate surface area is 72.3 Å². The molecular weight excluding hydrogens is 158 g/mol. The molecule has 0 spiro atoms. The molecular formula is C8H15NO3. The summed E-state index contributed by atoms with van der Waals surface area (Å²) < 4.78 is 15.5. The highest BCUT2D eigenvalue weighted by atomic mass is 16.6. The quantitative estimate of drug-likeness (QED) is 0.647. The molecule has 0 fully saturated rings. The van der Waals surface area contributed by atoms with Crippen molar-refractivity contribution in [3.05, 3.63) is 11.8 Å². The Hall–Kier alpha value is -0.580. The molecule has 0 radical (unpaired) electrons. The summed E-state index contributed by atoms with van der Waals surface area (Å²) in [6.07, 6.45) is 1.75. The summed E-state index contributed by atoms with van der Waals surface area (Å²) in [5, 5.41) is 0. The SMILES string of the molecule is COCC1OCC(N)=CC1OC. The molecule has 1 heterocycles. The molecule has 70 valence electrons. The van der Waals surface area contributed by atoms with E-state index >= 15 is 0 Å². The zero-order chi connectivity index (χ0) is 8.97. The molecule has 0 aromatic rings. The smallest absolute Gasteiger partial charge is 0.111 e. The minimum Gasteiger partial charge on any atom is -0.400 e. The zero-order valence-corrected chi connectivity index (χ0v) is 7.45. The topological polar surface area (TPSA) is 53.7 Å². The van der Waals surface area contributed by atoms with E-state index in [9.17, 15) is 0 Å². The minimum absolute atomic E-state index is 0.0349. The highest BCUT2D eigenvalue weighted by Gasteiger charge is 2.24. The number of nitrogens with two attached hydrogens (primary N) is 1. The molecule has 1 rings (SSSR count). The van der Waals surface area contributed by atoms with Crippen LogP contribution in [0.5, 0.6) is 0 Å². The van der Waals surface area contributed by atoms with E-state index < -0.39 is 0 Å². The van der Waals surface area contributed by atoms with Crippen molar-refractivity contribution >= 4 is 0 Å². The molecule has 4 heteroatoms. The Kier molecular flexibility index (Phi) is 3.52. The fourth-order valence-corrected chi connectivity index (χ4v) is 1.19. The monoisotopic (exact) mass is 173 g/mol. The van der Waals surface area contributed by atoms with E-state index in [1.807, 2.05) is 6.08 Å². The maximum atomic E-state index is 5.57. The summed E-state index contributed by atoms with van der Waals surface area (Å²) in [5.41, 5.74) is 6.29. The number of hydrogen-bond acceptors (Lipinski definition) is 4. The van der Waals surface area contributed by atoms with Crippen molar-refractivity contribution in [2.45, 2.75) is 12.2 Å². The third-order valence-electron chi connectivity index (χ3n) is 1.81. The lowest BCUT2D eigenvalue weighted by atomic mass is 10.1. The van der Waals surface area contributed by atoms with E-state index in [-0.39, 0.29) is 12.2 Å². The first kappa shape index (κ1) is 9.51. The number of methoxy groups -OCH3 is 2. The molecule has 2 N–H and O–H groups in total. The molecule has 1 aliphatic heterocycles. The Morgan fingerprint density at radius 2 is 2.42 bits per heavy atom. The average molecular weight is 173 g/mol. The second-order valence-corrected chi connectivity index (χ2v) is 2.75. The van der Waals surface area contributed by atoms with Crippen LogP contribution in [-0.2, 0) is 14.2 Å². The molecule has 0 amide bonds. The summed E-state index contributed by atoms with van der Waals surface area (Å²) in [6.45, 7) is 0.996. The number of ether oxygens (including phenoxy) is 3. The van der Waals surface area contributed by atoms with Gasteiger partial charge in [0.15, 0.2) is 0 Å². The van der Waals surface area contributed by atoms with Crippen molar-refractivity contribution in [1.82, 2.24) is 0 Å². The third kappa shape index (κ3) is 2.20. The highest BCUT2D eigenvalue weighted by Crippen LogP contribution is 2.13. The first-order valence-corrected chi connectivity index (χ1v) is 3.87. The van der Waals surface area contributed by atoms with Crippen LogP contribution in [0, 0.1) is 0 Å². The van der Waals surface area contributed by atoms with E-state index in [0.29, 0.717) is 18.9 Å². The molecule has 1 aliphatic rings. The second kappa shape index (κ2) is 4.45. The standard InChI is InChI=1S/C8H15NO3/c1-10-5-8-7(11-2)3-6(9)4-12-8/h3,7-8H,4-5,9H2,1-2H3. The largest absolute Gasteiger partial charge is 0.400 e. The van der Waals surface area contributed by atoms with Crippen molar-refractivity contribution in [1.29, 1.82) is 0 Å². The van der Waals surface area contributed by atoms with Gasteiger partial charge in [-0.2, -0.15) is 0 Å². The van der Waals surface area contributed by atoms with E-state index in [4.69, 9.17) is 19.9 Å². The van der Waals surface area contributed by atoms with Crippen molar-refractivity contribution < 1.29 is 14.2 Å². The van der Waals surface area contributed by atoms with Crippen LogP contribution >= 0.6 is 0 Å². The Balaban J connectivity index is 2.53. The van der Waals surface area contributed by atoms with Crippen LogP contribution in [0.4, 0.5) is 0 Å². The van der Waals surface area contributed by atoms with Crippen LogP contribution in [0.3, 0.4) is 0 Å². The van der Waals surface area contributed by atoms with Gasteiger partial charge in [0.1, 0.15) is 12.2 Å². The molecule has 0 aromatic carbocycles. The molecule has 0 bridgehead atoms. The molecule has 0 saturated heterocycles. The summed E-state index contributed by atoms with van der Waals surface area (Å²) >= 11 is 0. The summed E-state index contributed by atoms with van der Waals surface area (Å²) in [6, 6.07) is 0. The zero-order valence-electron chi connectivity index (χ0n) is 7.45. The Morgan fingerprint density at radius 3 is 3.00 bits per heavy atom. The second-order valence-electron chi connectivity index (χ2n) is 2.75. The lowest BCUT2D eigenvalue weighted by Crippen LogP contribution is -2.38. The van der Waals surface area contributed by atoms with Crippen LogP contribution < -0.4 is 5.73 Å². The van der Waals surface area contributed by atoms with Gasteiger partial charge in [-0.05, 0) is 6.08 Å². The first-order chi connectivity index (χ1) is 5.77. The van der Waals surface area contributed by atoms with Gasteiger partial charge in [0.05, 0.1) is 13.2 Å². The van der Waals surface area contributed by atoms with E-state index in [2.05, 4.69) is 0 Å². The predicted molar refractivity (Wildman–Crippen MR) is 44.7 cm³/mol. The average Bonchev–Trinajstić information content (AvgIpc) is 2.08. The third-order valence-corrected chi connectivity index (χ3v) is 1.81. The molecule has 2 unspecified atom stereocenters. The first-order valence-electron chi connectivity index (χ1n) is 3.87.